The van der Waals surface area contributed by atoms with Gasteiger partial charge < -0.3 is 24.4 Å². The summed E-state index contributed by atoms with van der Waals surface area (Å²) in [6.07, 6.45) is -2.37. The van der Waals surface area contributed by atoms with Crippen LogP contribution in [-0.2, 0) is 13.6 Å². The first-order valence-corrected chi connectivity index (χ1v) is 21.3. The van der Waals surface area contributed by atoms with Crippen molar-refractivity contribution in [2.45, 2.75) is 76.2 Å². The van der Waals surface area contributed by atoms with Crippen LogP contribution in [0.4, 0.5) is 5.82 Å². The average Bonchev–Trinajstić information content (AvgIpc) is 3.41. The molecule has 0 saturated carbocycles. The Balaban J connectivity index is 1.47. The molecule has 4 unspecified atom stereocenters. The van der Waals surface area contributed by atoms with Crippen molar-refractivity contribution in [1.29, 1.82) is 0 Å². The van der Waals surface area contributed by atoms with E-state index in [1.54, 1.807) is 12.3 Å². The van der Waals surface area contributed by atoms with Crippen molar-refractivity contribution < 1.29 is 18.7 Å². The molecule has 6 rings (SSSR count). The molecule has 51 heavy (non-hydrogen) atoms. The number of ether oxygens (including phenoxy) is 1. The Morgan fingerprint density at radius 1 is 0.706 bits per heavy atom. The summed E-state index contributed by atoms with van der Waals surface area (Å²) in [7, 11) is -6.21. The van der Waals surface area contributed by atoms with E-state index >= 15 is 0 Å². The maximum Gasteiger partial charge on any atom is 0.351 e. The number of hydrogen-bond acceptors (Lipinski definition) is 7. The molecule has 8 nitrogen and oxygen atoms in total. The van der Waals surface area contributed by atoms with Crippen LogP contribution in [0, 0.1) is 0 Å². The van der Waals surface area contributed by atoms with Crippen LogP contribution in [0.15, 0.2) is 138 Å². The van der Waals surface area contributed by atoms with E-state index in [1.807, 2.05) is 72.8 Å². The third-order valence-electron chi connectivity index (χ3n) is 10.0. The summed E-state index contributed by atoms with van der Waals surface area (Å²) >= 11 is 0. The molecule has 1 saturated heterocycles. The number of rotatable bonds is 10. The minimum Gasteiger partial charge on any atom is -0.405 e. The normalized spacial score (nSPS) is 20.0. The van der Waals surface area contributed by atoms with Crippen LogP contribution in [0.2, 0.25) is 10.1 Å². The zero-order valence-electron chi connectivity index (χ0n) is 30.3. The van der Waals surface area contributed by atoms with Crippen LogP contribution < -0.4 is 32.2 Å². The standard InChI is InChI=1S/C41H49N3O5Si2/c1-40(2,3)50(30-19-11-7-12-20-30,31-21-13-8-14-22-31)47-29-34-36(45)37(38(48-34)44-28-27-35(42)43-39(44)46)49-51(41(4,5)6,32-23-15-9-16-24-32)33-25-17-10-18-26-33/h7-28,34,36-38,45H,29H2,1-6H3,(H2,42,43,46). The number of aliphatic hydroxyl groups excluding tert-OH is 1. The van der Waals surface area contributed by atoms with E-state index in [4.69, 9.17) is 19.3 Å². The first kappa shape index (κ1) is 36.6. The Morgan fingerprint density at radius 3 is 1.51 bits per heavy atom. The van der Waals surface area contributed by atoms with E-state index in [9.17, 15) is 9.90 Å². The molecule has 1 aliphatic heterocycles. The molecule has 266 valence electrons. The minimum absolute atomic E-state index is 0.0721. The van der Waals surface area contributed by atoms with Gasteiger partial charge in [-0.05, 0) is 36.9 Å². The summed E-state index contributed by atoms with van der Waals surface area (Å²) in [5.74, 6) is 0.103. The summed E-state index contributed by atoms with van der Waals surface area (Å²) in [5, 5.41) is 16.1. The summed E-state index contributed by atoms with van der Waals surface area (Å²) in [6, 6.07) is 42.7. The Morgan fingerprint density at radius 2 is 1.12 bits per heavy atom. The predicted octanol–water partition coefficient (Wildman–Crippen LogP) is 4.61. The maximum absolute atomic E-state index is 13.4. The van der Waals surface area contributed by atoms with Gasteiger partial charge in [-0.3, -0.25) is 4.57 Å². The summed E-state index contributed by atoms with van der Waals surface area (Å²) < 4.78 is 22.9. The second kappa shape index (κ2) is 14.5. The molecule has 1 fully saturated rings. The van der Waals surface area contributed by atoms with Crippen molar-refractivity contribution in [3.05, 3.63) is 144 Å². The highest BCUT2D eigenvalue weighted by atomic mass is 28.4. The van der Waals surface area contributed by atoms with Gasteiger partial charge in [0.15, 0.2) is 6.23 Å². The number of aliphatic hydroxyl groups is 1. The van der Waals surface area contributed by atoms with Crippen molar-refractivity contribution in [2.24, 2.45) is 0 Å². The van der Waals surface area contributed by atoms with Gasteiger partial charge in [-0.1, -0.05) is 163 Å². The molecule has 0 amide bonds. The summed E-state index contributed by atoms with van der Waals surface area (Å²) in [4.78, 5) is 17.5. The van der Waals surface area contributed by atoms with Gasteiger partial charge in [0.25, 0.3) is 16.6 Å². The minimum atomic E-state index is -3.22. The third-order valence-corrected chi connectivity index (χ3v) is 20.1. The predicted molar refractivity (Wildman–Crippen MR) is 209 cm³/mol. The van der Waals surface area contributed by atoms with Crippen LogP contribution in [0.5, 0.6) is 0 Å². The van der Waals surface area contributed by atoms with Crippen molar-refractivity contribution in [2.75, 3.05) is 12.3 Å². The number of aromatic nitrogens is 2. The molecule has 0 spiro atoms. The lowest BCUT2D eigenvalue weighted by Crippen LogP contribution is -2.69. The Bertz CT molecular complexity index is 1870. The zero-order valence-corrected chi connectivity index (χ0v) is 32.3. The van der Waals surface area contributed by atoms with Gasteiger partial charge in [0.1, 0.15) is 24.1 Å². The fourth-order valence-electron chi connectivity index (χ4n) is 7.69. The van der Waals surface area contributed by atoms with Crippen LogP contribution in [0.1, 0.15) is 47.8 Å². The highest BCUT2D eigenvalue weighted by Crippen LogP contribution is 2.43. The molecule has 10 heteroatoms. The summed E-state index contributed by atoms with van der Waals surface area (Å²) in [5.41, 5.74) is 5.33. The molecule has 0 bridgehead atoms. The molecule has 0 radical (unpaired) electrons. The monoisotopic (exact) mass is 719 g/mol. The highest BCUT2D eigenvalue weighted by molar-refractivity contribution is 7.00. The van der Waals surface area contributed by atoms with Gasteiger partial charge in [0, 0.05) is 6.20 Å². The highest BCUT2D eigenvalue weighted by Gasteiger charge is 2.58. The molecule has 4 aromatic carbocycles. The van der Waals surface area contributed by atoms with Crippen molar-refractivity contribution in [3.8, 4) is 0 Å². The van der Waals surface area contributed by atoms with Gasteiger partial charge in [-0.25, -0.2) is 4.79 Å². The van der Waals surface area contributed by atoms with Gasteiger partial charge >= 0.3 is 5.69 Å². The number of nitrogen functional groups attached to an aromatic ring is 1. The third kappa shape index (κ3) is 6.80. The second-order valence-corrected chi connectivity index (χ2v) is 23.9. The van der Waals surface area contributed by atoms with E-state index in [0.29, 0.717) is 0 Å². The van der Waals surface area contributed by atoms with Gasteiger partial charge in [0.05, 0.1) is 6.61 Å². The fraction of sp³-hybridized carbons (Fsp3) is 0.317. The van der Waals surface area contributed by atoms with Crippen molar-refractivity contribution in [3.63, 3.8) is 0 Å². The average molecular weight is 720 g/mol. The van der Waals surface area contributed by atoms with Crippen molar-refractivity contribution >= 4 is 43.2 Å². The molecular weight excluding hydrogens is 671 g/mol. The largest absolute Gasteiger partial charge is 0.405 e. The van der Waals surface area contributed by atoms with Gasteiger partial charge in [0.2, 0.25) is 0 Å². The number of benzene rings is 4. The Hall–Kier alpha value is -4.17. The van der Waals surface area contributed by atoms with E-state index in [1.165, 1.54) is 4.57 Å². The van der Waals surface area contributed by atoms with Gasteiger partial charge in [-0.2, -0.15) is 4.98 Å². The number of nitrogens with zero attached hydrogens (tertiary/aromatic N) is 2. The smallest absolute Gasteiger partial charge is 0.351 e. The van der Waals surface area contributed by atoms with Crippen LogP contribution in [0.3, 0.4) is 0 Å². The molecule has 5 aromatic rings. The quantitative estimate of drug-likeness (QED) is 0.203. The SMILES string of the molecule is CC(C)(C)[Si](OCC1OC(n2ccc(N)nc2=O)C(O[Si](c2ccccc2)(c2ccccc2)C(C)(C)C)C1O)(c1ccccc1)c1ccccc1. The molecule has 3 N–H and O–H groups in total. The maximum atomic E-state index is 13.4. The summed E-state index contributed by atoms with van der Waals surface area (Å²) in [6.45, 7) is 13.2. The Kier molecular flexibility index (Phi) is 10.4. The van der Waals surface area contributed by atoms with Crippen LogP contribution >= 0.6 is 0 Å². The van der Waals surface area contributed by atoms with Crippen LogP contribution in [0.25, 0.3) is 0 Å². The Labute approximate surface area is 303 Å². The molecule has 1 aromatic heterocycles. The second-order valence-electron chi connectivity index (χ2n) is 15.3. The van der Waals surface area contributed by atoms with E-state index in [0.717, 1.165) is 20.7 Å². The first-order chi connectivity index (χ1) is 24.3. The molecular formula is C41H49N3O5Si2. The molecule has 4 atom stereocenters. The number of hydrogen-bond donors (Lipinski definition) is 2. The molecule has 1 aliphatic rings. The lowest BCUT2D eigenvalue weighted by Gasteiger charge is -2.45. The van der Waals surface area contributed by atoms with Crippen LogP contribution in [-0.4, -0.2) is 56.2 Å². The fourth-order valence-corrected chi connectivity index (χ4v) is 16.9. The zero-order chi connectivity index (χ0) is 36.4. The molecule has 0 aliphatic carbocycles. The topological polar surface area (TPSA) is 109 Å². The van der Waals surface area contributed by atoms with E-state index in [-0.39, 0.29) is 17.5 Å². The van der Waals surface area contributed by atoms with E-state index < -0.39 is 51.9 Å². The first-order valence-electron chi connectivity index (χ1n) is 17.5. The number of nitrogens with two attached hydrogens (primary N) is 1. The molecule has 2 heterocycles. The van der Waals surface area contributed by atoms with Gasteiger partial charge in [-0.15, -0.1) is 0 Å². The number of anilines is 1. The lowest BCUT2D eigenvalue weighted by molar-refractivity contribution is -0.0505. The lowest BCUT2D eigenvalue weighted by atomic mass is 10.1. The van der Waals surface area contributed by atoms with Crippen molar-refractivity contribution in [1.82, 2.24) is 9.55 Å². The van der Waals surface area contributed by atoms with E-state index in [2.05, 4.69) is 95.1 Å².